The Kier molecular flexibility index (Phi) is 5.70. The van der Waals surface area contributed by atoms with Crippen LogP contribution in [-0.2, 0) is 13.0 Å². The van der Waals surface area contributed by atoms with Crippen molar-refractivity contribution in [1.29, 1.82) is 0 Å². The molecule has 5 aromatic rings. The number of carbonyl (C=O) groups excluding carboxylic acids is 1. The summed E-state index contributed by atoms with van der Waals surface area (Å²) in [6, 6.07) is 19.9. The predicted molar refractivity (Wildman–Crippen MR) is 131 cm³/mol. The number of nitrogens with one attached hydrogen (secondary N) is 2. The number of aryl methyl sites for hydroxylation is 1. The summed E-state index contributed by atoms with van der Waals surface area (Å²) < 4.78 is 1.39. The summed E-state index contributed by atoms with van der Waals surface area (Å²) in [6.45, 7) is 2.30. The molecular formula is C26H22N6O2. The number of fused-ring (bicyclic) bond motifs is 1. The number of nitrogens with zero attached hydrogens (tertiary/aromatic N) is 4. The van der Waals surface area contributed by atoms with E-state index in [1.165, 1.54) is 10.7 Å². The van der Waals surface area contributed by atoms with Crippen molar-refractivity contribution in [2.75, 3.05) is 5.32 Å². The monoisotopic (exact) mass is 450 g/mol. The number of para-hydroxylation sites is 2. The van der Waals surface area contributed by atoms with Crippen molar-refractivity contribution in [3.63, 3.8) is 0 Å². The Labute approximate surface area is 195 Å². The fraction of sp³-hybridized carbons (Fsp3) is 0.115. The lowest BCUT2D eigenvalue weighted by Gasteiger charge is -2.09. The highest BCUT2D eigenvalue weighted by molar-refractivity contribution is 6.04. The molecule has 2 N–H and O–H groups in total. The van der Waals surface area contributed by atoms with Crippen molar-refractivity contribution in [3.05, 3.63) is 106 Å². The number of pyridine rings is 1. The van der Waals surface area contributed by atoms with E-state index in [4.69, 9.17) is 0 Å². The number of anilines is 1. The van der Waals surface area contributed by atoms with Crippen molar-refractivity contribution in [1.82, 2.24) is 24.7 Å². The lowest BCUT2D eigenvalue weighted by Crippen LogP contribution is -2.23. The number of benzene rings is 2. The summed E-state index contributed by atoms with van der Waals surface area (Å²) in [4.78, 5) is 37.0. The minimum atomic E-state index is -0.294. The van der Waals surface area contributed by atoms with E-state index in [0.29, 0.717) is 17.2 Å². The number of aromatic amines is 1. The maximum absolute atomic E-state index is 12.8. The van der Waals surface area contributed by atoms with E-state index in [0.717, 1.165) is 34.1 Å². The molecule has 0 saturated heterocycles. The van der Waals surface area contributed by atoms with Crippen LogP contribution in [0, 0.1) is 0 Å². The Morgan fingerprint density at radius 2 is 1.88 bits per heavy atom. The molecule has 8 nitrogen and oxygen atoms in total. The first-order valence-corrected chi connectivity index (χ1v) is 11.0. The summed E-state index contributed by atoms with van der Waals surface area (Å²) in [5.41, 5.74) is 5.26. The van der Waals surface area contributed by atoms with Gasteiger partial charge in [0.15, 0.2) is 0 Å². The molecule has 0 aliphatic carbocycles. The standard InChI is InChI=1S/C26H22N6O2/c1-2-17-12-20(15-27-14-17)21-10-11-24(33)32(31-21)16-18-6-5-7-19(13-18)25(34)30-26-28-22-8-3-4-9-23(22)29-26/h3-15H,2,16H2,1H3,(H2,28,29,30,34). The highest BCUT2D eigenvalue weighted by Gasteiger charge is 2.11. The quantitative estimate of drug-likeness (QED) is 0.406. The van der Waals surface area contributed by atoms with Gasteiger partial charge in [0.1, 0.15) is 0 Å². The van der Waals surface area contributed by atoms with Gasteiger partial charge < -0.3 is 4.98 Å². The van der Waals surface area contributed by atoms with Crippen LogP contribution < -0.4 is 10.9 Å². The second-order valence-corrected chi connectivity index (χ2v) is 7.91. The summed E-state index contributed by atoms with van der Waals surface area (Å²) in [5, 5.41) is 7.32. The molecule has 168 valence electrons. The molecule has 0 radical (unpaired) electrons. The van der Waals surface area contributed by atoms with Crippen LogP contribution in [0.3, 0.4) is 0 Å². The zero-order valence-corrected chi connectivity index (χ0v) is 18.5. The van der Waals surface area contributed by atoms with Crippen molar-refractivity contribution in [2.24, 2.45) is 0 Å². The van der Waals surface area contributed by atoms with E-state index in [-0.39, 0.29) is 18.0 Å². The highest BCUT2D eigenvalue weighted by atomic mass is 16.2. The van der Waals surface area contributed by atoms with Gasteiger partial charge >= 0.3 is 0 Å². The molecule has 0 aliphatic rings. The summed E-state index contributed by atoms with van der Waals surface area (Å²) in [6.07, 6.45) is 4.42. The Morgan fingerprint density at radius 3 is 2.74 bits per heavy atom. The number of carbonyl (C=O) groups is 1. The van der Waals surface area contributed by atoms with E-state index in [1.807, 2.05) is 42.6 Å². The first-order valence-electron chi connectivity index (χ1n) is 11.0. The molecule has 3 aromatic heterocycles. The van der Waals surface area contributed by atoms with Crippen LogP contribution in [0.5, 0.6) is 0 Å². The average molecular weight is 451 g/mol. The summed E-state index contributed by atoms with van der Waals surface area (Å²) in [7, 11) is 0. The number of amides is 1. The SMILES string of the molecule is CCc1cncc(-c2ccc(=O)n(Cc3cccc(C(=O)Nc4nc5ccccc5[nH]4)c3)n2)c1. The van der Waals surface area contributed by atoms with E-state index in [9.17, 15) is 9.59 Å². The third kappa shape index (κ3) is 4.47. The molecule has 3 heterocycles. The molecule has 0 saturated carbocycles. The summed E-state index contributed by atoms with van der Waals surface area (Å²) >= 11 is 0. The predicted octanol–water partition coefficient (Wildman–Crippen LogP) is 4.04. The van der Waals surface area contributed by atoms with Gasteiger partial charge in [-0.05, 0) is 53.9 Å². The molecule has 8 heteroatoms. The molecule has 0 unspecified atom stereocenters. The molecule has 0 aliphatic heterocycles. The maximum Gasteiger partial charge on any atom is 0.267 e. The normalized spacial score (nSPS) is 11.0. The van der Waals surface area contributed by atoms with Gasteiger partial charge in [-0.3, -0.25) is 19.9 Å². The number of H-pyrrole nitrogens is 1. The van der Waals surface area contributed by atoms with E-state index >= 15 is 0 Å². The Hall–Kier alpha value is -4.59. The third-order valence-electron chi connectivity index (χ3n) is 5.51. The van der Waals surface area contributed by atoms with Crippen molar-refractivity contribution in [2.45, 2.75) is 19.9 Å². The molecule has 0 bridgehead atoms. The Balaban J connectivity index is 1.37. The Morgan fingerprint density at radius 1 is 1.00 bits per heavy atom. The van der Waals surface area contributed by atoms with E-state index in [2.05, 4.69) is 32.3 Å². The highest BCUT2D eigenvalue weighted by Crippen LogP contribution is 2.17. The third-order valence-corrected chi connectivity index (χ3v) is 5.51. The minimum Gasteiger partial charge on any atom is -0.324 e. The molecule has 5 rings (SSSR count). The van der Waals surface area contributed by atoms with Gasteiger partial charge in [0, 0.05) is 29.6 Å². The van der Waals surface area contributed by atoms with E-state index in [1.54, 1.807) is 30.5 Å². The maximum atomic E-state index is 12.8. The molecule has 0 fully saturated rings. The van der Waals surface area contributed by atoms with Gasteiger partial charge in [-0.1, -0.05) is 31.2 Å². The van der Waals surface area contributed by atoms with E-state index < -0.39 is 0 Å². The number of hydrogen-bond acceptors (Lipinski definition) is 5. The minimum absolute atomic E-state index is 0.222. The van der Waals surface area contributed by atoms with Crippen LogP contribution in [-0.4, -0.2) is 30.6 Å². The number of rotatable bonds is 6. The fourth-order valence-electron chi connectivity index (χ4n) is 3.71. The lowest BCUT2D eigenvalue weighted by atomic mass is 10.1. The zero-order valence-electron chi connectivity index (χ0n) is 18.5. The van der Waals surface area contributed by atoms with Crippen molar-refractivity contribution < 1.29 is 4.79 Å². The van der Waals surface area contributed by atoms with Crippen LogP contribution in [0.4, 0.5) is 5.95 Å². The number of hydrogen-bond donors (Lipinski definition) is 2. The fourth-order valence-corrected chi connectivity index (χ4v) is 3.71. The van der Waals surface area contributed by atoms with Crippen LogP contribution >= 0.6 is 0 Å². The molecule has 1 amide bonds. The molecular weight excluding hydrogens is 428 g/mol. The van der Waals surface area contributed by atoms with Gasteiger partial charge in [0.25, 0.3) is 11.5 Å². The zero-order chi connectivity index (χ0) is 23.5. The molecule has 2 aromatic carbocycles. The Bertz CT molecular complexity index is 1520. The molecule has 0 atom stereocenters. The second-order valence-electron chi connectivity index (χ2n) is 7.91. The first kappa shape index (κ1) is 21.3. The van der Waals surface area contributed by atoms with Crippen LogP contribution in [0.15, 0.2) is 83.9 Å². The topological polar surface area (TPSA) is 106 Å². The number of aromatic nitrogens is 5. The smallest absolute Gasteiger partial charge is 0.267 e. The average Bonchev–Trinajstić information content (AvgIpc) is 3.28. The summed E-state index contributed by atoms with van der Waals surface area (Å²) in [5.74, 6) is 0.0857. The largest absolute Gasteiger partial charge is 0.324 e. The van der Waals surface area contributed by atoms with Crippen LogP contribution in [0.1, 0.15) is 28.4 Å². The van der Waals surface area contributed by atoms with Gasteiger partial charge in [-0.2, -0.15) is 5.10 Å². The van der Waals surface area contributed by atoms with Gasteiger partial charge in [0.2, 0.25) is 5.95 Å². The second kappa shape index (κ2) is 9.11. The van der Waals surface area contributed by atoms with Crippen LogP contribution in [0.2, 0.25) is 0 Å². The first-order chi connectivity index (χ1) is 16.6. The van der Waals surface area contributed by atoms with Crippen LogP contribution in [0.25, 0.3) is 22.3 Å². The van der Waals surface area contributed by atoms with Gasteiger partial charge in [-0.25, -0.2) is 9.67 Å². The van der Waals surface area contributed by atoms with Gasteiger partial charge in [0.05, 0.1) is 23.3 Å². The molecule has 0 spiro atoms. The number of imidazole rings is 1. The van der Waals surface area contributed by atoms with Crippen molar-refractivity contribution in [3.8, 4) is 11.3 Å². The van der Waals surface area contributed by atoms with Gasteiger partial charge in [-0.15, -0.1) is 0 Å². The molecule has 34 heavy (non-hydrogen) atoms. The van der Waals surface area contributed by atoms with Crippen molar-refractivity contribution >= 4 is 22.9 Å². The lowest BCUT2D eigenvalue weighted by molar-refractivity contribution is 0.102.